The summed E-state index contributed by atoms with van der Waals surface area (Å²) in [7, 11) is 0. The first-order valence-corrected chi connectivity index (χ1v) is 7.08. The third-order valence-electron chi connectivity index (χ3n) is 6.37. The summed E-state index contributed by atoms with van der Waals surface area (Å²) in [5.74, 6) is 4.03. The van der Waals surface area contributed by atoms with Crippen LogP contribution in [0, 0.1) is 35.0 Å². The van der Waals surface area contributed by atoms with E-state index in [1.807, 2.05) is 0 Å². The molecule has 0 aliphatic heterocycles. The molecule has 16 heavy (non-hydrogen) atoms. The Hall–Kier alpha value is -0.0400. The molecule has 0 heterocycles. The van der Waals surface area contributed by atoms with Crippen molar-refractivity contribution in [1.29, 1.82) is 0 Å². The van der Waals surface area contributed by atoms with E-state index in [2.05, 4.69) is 27.7 Å². The van der Waals surface area contributed by atoms with Crippen LogP contribution in [0.2, 0.25) is 0 Å². The maximum absolute atomic E-state index is 10.7. The van der Waals surface area contributed by atoms with Crippen LogP contribution in [0.5, 0.6) is 0 Å². The Morgan fingerprint density at radius 3 is 2.38 bits per heavy atom. The van der Waals surface area contributed by atoms with Crippen molar-refractivity contribution < 1.29 is 5.11 Å². The van der Waals surface area contributed by atoms with Crippen LogP contribution in [0.1, 0.15) is 53.4 Å². The molecular formula is C15H26O. The second-order valence-corrected chi connectivity index (χ2v) is 7.59. The molecule has 3 saturated carbocycles. The van der Waals surface area contributed by atoms with Crippen molar-refractivity contribution in [3.05, 3.63) is 0 Å². The molecule has 1 heteroatoms. The fraction of sp³-hybridized carbons (Fsp3) is 1.00. The molecule has 1 N–H and O–H groups in total. The molecule has 0 aromatic carbocycles. The van der Waals surface area contributed by atoms with Crippen molar-refractivity contribution in [2.24, 2.45) is 35.0 Å². The molecule has 0 unspecified atom stereocenters. The van der Waals surface area contributed by atoms with Crippen molar-refractivity contribution >= 4 is 0 Å². The Kier molecular flexibility index (Phi) is 2.11. The first-order valence-electron chi connectivity index (χ1n) is 7.08. The Morgan fingerprint density at radius 2 is 1.69 bits per heavy atom. The van der Waals surface area contributed by atoms with E-state index in [4.69, 9.17) is 0 Å². The van der Waals surface area contributed by atoms with Gasteiger partial charge in [-0.3, -0.25) is 0 Å². The quantitative estimate of drug-likeness (QED) is 0.665. The molecule has 3 fully saturated rings. The molecule has 1 nitrogen and oxygen atoms in total. The molecule has 3 aliphatic carbocycles. The Balaban J connectivity index is 1.94. The largest absolute Gasteiger partial charge is 0.390 e. The van der Waals surface area contributed by atoms with E-state index >= 15 is 0 Å². The van der Waals surface area contributed by atoms with Gasteiger partial charge in [0.1, 0.15) is 0 Å². The van der Waals surface area contributed by atoms with E-state index in [0.29, 0.717) is 11.3 Å². The summed E-state index contributed by atoms with van der Waals surface area (Å²) in [6.45, 7) is 9.41. The third-order valence-corrected chi connectivity index (χ3v) is 6.37. The lowest BCUT2D eigenvalue weighted by Gasteiger charge is -2.35. The first kappa shape index (κ1) is 11.1. The summed E-state index contributed by atoms with van der Waals surface area (Å²) in [6.07, 6.45) is 4.89. The number of fused-ring (bicyclic) bond motifs is 3. The molecule has 0 radical (unpaired) electrons. The van der Waals surface area contributed by atoms with E-state index in [9.17, 15) is 5.11 Å². The number of hydrogen-bond acceptors (Lipinski definition) is 1. The van der Waals surface area contributed by atoms with Gasteiger partial charge < -0.3 is 5.11 Å². The van der Waals surface area contributed by atoms with Crippen LogP contribution in [0.15, 0.2) is 0 Å². The van der Waals surface area contributed by atoms with E-state index in [1.165, 1.54) is 19.3 Å². The lowest BCUT2D eigenvalue weighted by Crippen LogP contribution is -2.38. The van der Waals surface area contributed by atoms with Gasteiger partial charge in [0.15, 0.2) is 0 Å². The van der Waals surface area contributed by atoms with Gasteiger partial charge in [-0.2, -0.15) is 0 Å². The fourth-order valence-electron chi connectivity index (χ4n) is 5.29. The molecule has 3 aliphatic rings. The van der Waals surface area contributed by atoms with Gasteiger partial charge in [-0.1, -0.05) is 27.2 Å². The van der Waals surface area contributed by atoms with Crippen LogP contribution in [-0.2, 0) is 0 Å². The van der Waals surface area contributed by atoms with Gasteiger partial charge in [0.05, 0.1) is 5.60 Å². The zero-order chi connectivity index (χ0) is 11.7. The van der Waals surface area contributed by atoms with Crippen molar-refractivity contribution in [3.8, 4) is 0 Å². The molecule has 0 amide bonds. The lowest BCUT2D eigenvalue weighted by atomic mass is 9.74. The maximum Gasteiger partial charge on any atom is 0.0650 e. The highest BCUT2D eigenvalue weighted by molar-refractivity contribution is 5.14. The monoisotopic (exact) mass is 222 g/mol. The average molecular weight is 222 g/mol. The molecule has 3 rings (SSSR count). The molecule has 0 bridgehead atoms. The highest BCUT2D eigenvalue weighted by atomic mass is 16.3. The van der Waals surface area contributed by atoms with E-state index in [0.717, 1.165) is 30.1 Å². The Morgan fingerprint density at radius 1 is 1.00 bits per heavy atom. The summed E-state index contributed by atoms with van der Waals surface area (Å²) in [5.41, 5.74) is 0.191. The summed E-state index contributed by atoms with van der Waals surface area (Å²) in [6, 6.07) is 0. The molecule has 0 aromatic heterocycles. The molecule has 0 saturated heterocycles. The van der Waals surface area contributed by atoms with Gasteiger partial charge in [0.25, 0.3) is 0 Å². The molecular weight excluding hydrogens is 196 g/mol. The SMILES string of the molecule is C[C@@H]1CC[C@H]2[C@@H]1[C@@H]1[C@H](CC[C@@]2(C)O)C1(C)C. The van der Waals surface area contributed by atoms with E-state index < -0.39 is 0 Å². The minimum absolute atomic E-state index is 0.376. The van der Waals surface area contributed by atoms with Crippen LogP contribution < -0.4 is 0 Å². The summed E-state index contributed by atoms with van der Waals surface area (Å²) in [4.78, 5) is 0. The number of hydrogen-bond donors (Lipinski definition) is 1. The smallest absolute Gasteiger partial charge is 0.0650 e. The van der Waals surface area contributed by atoms with E-state index in [1.54, 1.807) is 0 Å². The Bertz CT molecular complexity index is 305. The highest BCUT2D eigenvalue weighted by Crippen LogP contribution is 2.71. The van der Waals surface area contributed by atoms with Crippen molar-refractivity contribution in [2.45, 2.75) is 59.0 Å². The lowest BCUT2D eigenvalue weighted by molar-refractivity contribution is -0.0302. The third kappa shape index (κ3) is 1.27. The number of rotatable bonds is 0. The van der Waals surface area contributed by atoms with Crippen LogP contribution in [-0.4, -0.2) is 10.7 Å². The van der Waals surface area contributed by atoms with Crippen molar-refractivity contribution in [1.82, 2.24) is 0 Å². The van der Waals surface area contributed by atoms with Crippen LogP contribution in [0.25, 0.3) is 0 Å². The van der Waals surface area contributed by atoms with Crippen LogP contribution in [0.4, 0.5) is 0 Å². The zero-order valence-electron chi connectivity index (χ0n) is 11.2. The van der Waals surface area contributed by atoms with Crippen LogP contribution >= 0.6 is 0 Å². The van der Waals surface area contributed by atoms with E-state index in [-0.39, 0.29) is 5.60 Å². The van der Waals surface area contributed by atoms with Crippen molar-refractivity contribution in [2.75, 3.05) is 0 Å². The highest BCUT2D eigenvalue weighted by Gasteiger charge is 2.66. The maximum atomic E-state index is 10.7. The van der Waals surface area contributed by atoms with Gasteiger partial charge in [-0.05, 0) is 61.2 Å². The second-order valence-electron chi connectivity index (χ2n) is 7.59. The molecule has 0 aromatic rings. The minimum atomic E-state index is -0.376. The topological polar surface area (TPSA) is 20.2 Å². The number of aliphatic hydroxyl groups is 1. The molecule has 6 atom stereocenters. The first-order chi connectivity index (χ1) is 7.36. The summed E-state index contributed by atoms with van der Waals surface area (Å²) < 4.78 is 0. The van der Waals surface area contributed by atoms with Gasteiger partial charge in [0.2, 0.25) is 0 Å². The normalized spacial score (nSPS) is 58.7. The van der Waals surface area contributed by atoms with Gasteiger partial charge in [-0.15, -0.1) is 0 Å². The summed E-state index contributed by atoms with van der Waals surface area (Å²) in [5, 5.41) is 10.7. The standard InChI is InChI=1S/C15H26O/c1-9-5-6-10-12(9)13-11(14(13,2)3)7-8-15(10,4)16/h9-13,16H,5-8H2,1-4H3/t9-,10+,11+,12-,13+,15-/m1/s1. The fourth-order valence-corrected chi connectivity index (χ4v) is 5.29. The zero-order valence-corrected chi connectivity index (χ0v) is 11.2. The minimum Gasteiger partial charge on any atom is -0.390 e. The summed E-state index contributed by atoms with van der Waals surface area (Å²) >= 11 is 0. The second kappa shape index (κ2) is 3.04. The molecule has 0 spiro atoms. The van der Waals surface area contributed by atoms with Crippen LogP contribution in [0.3, 0.4) is 0 Å². The average Bonchev–Trinajstić information content (AvgIpc) is 2.51. The van der Waals surface area contributed by atoms with Crippen molar-refractivity contribution in [3.63, 3.8) is 0 Å². The Labute approximate surface area is 99.6 Å². The van der Waals surface area contributed by atoms with Gasteiger partial charge >= 0.3 is 0 Å². The molecule has 92 valence electrons. The predicted molar refractivity (Wildman–Crippen MR) is 66.0 cm³/mol. The predicted octanol–water partition coefficient (Wildman–Crippen LogP) is 3.47. The van der Waals surface area contributed by atoms with Gasteiger partial charge in [-0.25, -0.2) is 0 Å². The van der Waals surface area contributed by atoms with Gasteiger partial charge in [0, 0.05) is 0 Å².